The number of benzene rings is 2. The molecule has 0 bridgehead atoms. The first-order valence-electron chi connectivity index (χ1n) is 10.5. The summed E-state index contributed by atoms with van der Waals surface area (Å²) >= 11 is 5.93. The SMILES string of the molecule is CCNC(=O)[C@H](CC)N(Cc1ccc(OC)cc1)C(=O)CN(c1ccc(Cl)cc1)S(C)(=O)=O. The minimum absolute atomic E-state index is 0.136. The highest BCUT2D eigenvalue weighted by molar-refractivity contribution is 7.92. The fourth-order valence-corrected chi connectivity index (χ4v) is 4.34. The van der Waals surface area contributed by atoms with Gasteiger partial charge in [-0.3, -0.25) is 13.9 Å². The van der Waals surface area contributed by atoms with Crippen molar-refractivity contribution < 1.29 is 22.7 Å². The minimum Gasteiger partial charge on any atom is -0.497 e. The number of carbonyl (C=O) groups is 2. The fraction of sp³-hybridized carbons (Fsp3) is 0.391. The van der Waals surface area contributed by atoms with Crippen LogP contribution in [0.1, 0.15) is 25.8 Å². The molecule has 0 heterocycles. The van der Waals surface area contributed by atoms with Crippen LogP contribution in [0.2, 0.25) is 5.02 Å². The Morgan fingerprint density at radius 3 is 2.15 bits per heavy atom. The first kappa shape index (κ1) is 26.5. The lowest BCUT2D eigenvalue weighted by molar-refractivity contribution is -0.140. The van der Waals surface area contributed by atoms with Crippen LogP contribution in [-0.2, 0) is 26.2 Å². The van der Waals surface area contributed by atoms with Crippen LogP contribution in [0.4, 0.5) is 5.69 Å². The molecule has 2 aromatic rings. The first-order valence-corrected chi connectivity index (χ1v) is 12.8. The molecule has 2 aromatic carbocycles. The van der Waals surface area contributed by atoms with Crippen LogP contribution in [0.15, 0.2) is 48.5 Å². The van der Waals surface area contributed by atoms with E-state index >= 15 is 0 Å². The van der Waals surface area contributed by atoms with Gasteiger partial charge in [-0.15, -0.1) is 0 Å². The quantitative estimate of drug-likeness (QED) is 0.517. The summed E-state index contributed by atoms with van der Waals surface area (Å²) in [4.78, 5) is 27.6. The zero-order valence-corrected chi connectivity index (χ0v) is 20.8. The van der Waals surface area contributed by atoms with E-state index in [1.807, 2.05) is 6.92 Å². The van der Waals surface area contributed by atoms with Gasteiger partial charge in [0.1, 0.15) is 18.3 Å². The van der Waals surface area contributed by atoms with Crippen LogP contribution in [0.3, 0.4) is 0 Å². The van der Waals surface area contributed by atoms with Gasteiger partial charge in [0.2, 0.25) is 21.8 Å². The number of anilines is 1. The smallest absolute Gasteiger partial charge is 0.244 e. The Labute approximate surface area is 200 Å². The molecule has 0 aliphatic rings. The number of sulfonamides is 1. The van der Waals surface area contributed by atoms with E-state index in [2.05, 4.69) is 5.32 Å². The van der Waals surface area contributed by atoms with E-state index in [9.17, 15) is 18.0 Å². The molecule has 33 heavy (non-hydrogen) atoms. The van der Waals surface area contributed by atoms with Crippen molar-refractivity contribution in [3.63, 3.8) is 0 Å². The third kappa shape index (κ3) is 7.36. The number of hydrogen-bond donors (Lipinski definition) is 1. The van der Waals surface area contributed by atoms with Gasteiger partial charge < -0.3 is 15.0 Å². The van der Waals surface area contributed by atoms with E-state index in [0.29, 0.717) is 29.4 Å². The van der Waals surface area contributed by atoms with Crippen molar-refractivity contribution in [1.82, 2.24) is 10.2 Å². The highest BCUT2D eigenvalue weighted by atomic mass is 35.5. The molecule has 180 valence electrons. The number of likely N-dealkylation sites (N-methyl/N-ethyl adjacent to an activating group) is 1. The van der Waals surface area contributed by atoms with Gasteiger partial charge in [-0.05, 0) is 55.3 Å². The first-order chi connectivity index (χ1) is 15.6. The average molecular weight is 496 g/mol. The van der Waals surface area contributed by atoms with Crippen molar-refractivity contribution in [1.29, 1.82) is 0 Å². The van der Waals surface area contributed by atoms with Crippen molar-refractivity contribution in [2.24, 2.45) is 0 Å². The Hall–Kier alpha value is -2.78. The van der Waals surface area contributed by atoms with E-state index in [4.69, 9.17) is 16.3 Å². The fourth-order valence-electron chi connectivity index (χ4n) is 3.36. The largest absolute Gasteiger partial charge is 0.497 e. The van der Waals surface area contributed by atoms with Crippen molar-refractivity contribution in [3.8, 4) is 5.75 Å². The molecule has 0 aliphatic heterocycles. The summed E-state index contributed by atoms with van der Waals surface area (Å²) < 4.78 is 31.2. The molecule has 0 radical (unpaired) electrons. The molecule has 10 heteroatoms. The Morgan fingerprint density at radius 1 is 1.06 bits per heavy atom. The summed E-state index contributed by atoms with van der Waals surface area (Å²) in [6.07, 6.45) is 1.40. The Bertz CT molecular complexity index is 1040. The van der Waals surface area contributed by atoms with E-state index in [-0.39, 0.29) is 12.5 Å². The molecule has 0 unspecified atom stereocenters. The second-order valence-electron chi connectivity index (χ2n) is 7.43. The predicted octanol–water partition coefficient (Wildman–Crippen LogP) is 3.06. The second kappa shape index (κ2) is 11.9. The second-order valence-corrected chi connectivity index (χ2v) is 9.78. The molecule has 0 aliphatic carbocycles. The molecule has 0 fully saturated rings. The molecule has 2 rings (SSSR count). The summed E-state index contributed by atoms with van der Waals surface area (Å²) in [5, 5.41) is 3.20. The maximum Gasteiger partial charge on any atom is 0.244 e. The zero-order chi connectivity index (χ0) is 24.6. The number of nitrogens with zero attached hydrogens (tertiary/aromatic N) is 2. The molecular formula is C23H30ClN3O5S. The normalized spacial score (nSPS) is 12.0. The van der Waals surface area contributed by atoms with Crippen molar-refractivity contribution >= 4 is 39.1 Å². The van der Waals surface area contributed by atoms with E-state index in [1.54, 1.807) is 50.4 Å². The monoisotopic (exact) mass is 495 g/mol. The van der Waals surface area contributed by atoms with E-state index in [1.165, 1.54) is 17.0 Å². The molecule has 0 saturated heterocycles. The summed E-state index contributed by atoms with van der Waals surface area (Å²) in [6, 6.07) is 12.6. The van der Waals surface area contributed by atoms with Crippen LogP contribution in [-0.4, -0.2) is 57.6 Å². The number of rotatable bonds is 11. The van der Waals surface area contributed by atoms with Crippen molar-refractivity contribution in [2.75, 3.05) is 30.8 Å². The third-order valence-electron chi connectivity index (χ3n) is 5.04. The third-order valence-corrected chi connectivity index (χ3v) is 6.44. The van der Waals surface area contributed by atoms with Crippen LogP contribution < -0.4 is 14.4 Å². The number of methoxy groups -OCH3 is 1. The van der Waals surface area contributed by atoms with Gasteiger partial charge in [0.05, 0.1) is 19.1 Å². The van der Waals surface area contributed by atoms with Crippen LogP contribution in [0.25, 0.3) is 0 Å². The van der Waals surface area contributed by atoms with Gasteiger partial charge in [-0.25, -0.2) is 8.42 Å². The minimum atomic E-state index is -3.78. The molecular weight excluding hydrogens is 466 g/mol. The Morgan fingerprint density at radius 2 is 1.67 bits per heavy atom. The topological polar surface area (TPSA) is 96.0 Å². The van der Waals surface area contributed by atoms with E-state index in [0.717, 1.165) is 16.1 Å². The standard InChI is InChI=1S/C23H30ClN3O5S/c1-5-21(23(29)25-6-2)26(15-17-7-13-20(32-3)14-8-17)22(28)16-27(33(4,30)31)19-11-9-18(24)10-12-19/h7-14,21H,5-6,15-16H2,1-4H3,(H,25,29)/t21-/m0/s1. The summed E-state index contributed by atoms with van der Waals surface area (Å²) in [7, 11) is -2.22. The zero-order valence-electron chi connectivity index (χ0n) is 19.2. The van der Waals surface area contributed by atoms with Gasteiger partial charge in [0.15, 0.2) is 0 Å². The molecule has 2 amide bonds. The lowest BCUT2D eigenvalue weighted by Crippen LogP contribution is -2.52. The molecule has 1 atom stereocenters. The maximum absolute atomic E-state index is 13.5. The summed E-state index contributed by atoms with van der Waals surface area (Å²) in [5.41, 5.74) is 1.09. The Balaban J connectivity index is 2.40. The average Bonchev–Trinajstić information content (AvgIpc) is 2.77. The maximum atomic E-state index is 13.5. The van der Waals surface area contributed by atoms with Gasteiger partial charge in [-0.1, -0.05) is 30.7 Å². The van der Waals surface area contributed by atoms with Gasteiger partial charge in [0, 0.05) is 18.1 Å². The van der Waals surface area contributed by atoms with Crippen LogP contribution >= 0.6 is 11.6 Å². The molecule has 0 aromatic heterocycles. The van der Waals surface area contributed by atoms with Crippen molar-refractivity contribution in [2.45, 2.75) is 32.9 Å². The van der Waals surface area contributed by atoms with Gasteiger partial charge in [0.25, 0.3) is 0 Å². The number of ether oxygens (including phenoxy) is 1. The predicted molar refractivity (Wildman–Crippen MR) is 130 cm³/mol. The number of carbonyl (C=O) groups excluding carboxylic acids is 2. The molecule has 8 nitrogen and oxygen atoms in total. The number of halogens is 1. The van der Waals surface area contributed by atoms with E-state index < -0.39 is 28.5 Å². The summed E-state index contributed by atoms with van der Waals surface area (Å²) in [5.74, 6) is -0.123. The van der Waals surface area contributed by atoms with Crippen molar-refractivity contribution in [3.05, 3.63) is 59.1 Å². The number of amides is 2. The number of nitrogens with one attached hydrogen (secondary N) is 1. The lowest BCUT2D eigenvalue weighted by atomic mass is 10.1. The molecule has 0 spiro atoms. The Kier molecular flexibility index (Phi) is 9.55. The van der Waals surface area contributed by atoms with Gasteiger partial charge >= 0.3 is 0 Å². The van der Waals surface area contributed by atoms with Crippen LogP contribution in [0, 0.1) is 0 Å². The highest BCUT2D eigenvalue weighted by Crippen LogP contribution is 2.22. The van der Waals surface area contributed by atoms with Gasteiger partial charge in [-0.2, -0.15) is 0 Å². The number of hydrogen-bond acceptors (Lipinski definition) is 5. The molecule has 0 saturated carbocycles. The van der Waals surface area contributed by atoms with Crippen LogP contribution in [0.5, 0.6) is 5.75 Å². The summed E-state index contributed by atoms with van der Waals surface area (Å²) in [6.45, 7) is 3.71. The highest BCUT2D eigenvalue weighted by Gasteiger charge is 2.31. The lowest BCUT2D eigenvalue weighted by Gasteiger charge is -2.32. The molecule has 1 N–H and O–H groups in total.